The molecule has 19 heavy (non-hydrogen) atoms. The van der Waals surface area contributed by atoms with Crippen molar-refractivity contribution in [1.29, 1.82) is 5.26 Å². The largest absolute Gasteiger partial charge is 0.312 e. The van der Waals surface area contributed by atoms with Crippen LogP contribution < -0.4 is 5.32 Å². The van der Waals surface area contributed by atoms with Gasteiger partial charge in [-0.1, -0.05) is 23.7 Å². The van der Waals surface area contributed by atoms with Crippen LogP contribution in [0.3, 0.4) is 0 Å². The van der Waals surface area contributed by atoms with Crippen molar-refractivity contribution in [3.8, 4) is 6.07 Å². The van der Waals surface area contributed by atoms with Crippen molar-refractivity contribution in [3.63, 3.8) is 0 Å². The molecule has 4 heteroatoms. The molecule has 1 aromatic heterocycles. The molecule has 0 amide bonds. The van der Waals surface area contributed by atoms with Crippen molar-refractivity contribution in [2.75, 3.05) is 6.54 Å². The molecule has 0 spiro atoms. The van der Waals surface area contributed by atoms with E-state index >= 15 is 0 Å². The quantitative estimate of drug-likeness (QED) is 0.851. The van der Waals surface area contributed by atoms with E-state index < -0.39 is 0 Å². The lowest BCUT2D eigenvalue weighted by Crippen LogP contribution is -2.16. The zero-order valence-corrected chi connectivity index (χ0v) is 11.2. The standard InChI is InChI=1S/C15H14ClN3/c16-14-3-1-12(2-4-14)5-7-18-11-13-6-8-19-15(9-13)10-17/h1-4,6,8-9,18H,5,7,11H2. The third-order valence-corrected chi connectivity index (χ3v) is 3.02. The molecule has 0 bridgehead atoms. The van der Waals surface area contributed by atoms with E-state index in [0.29, 0.717) is 5.69 Å². The van der Waals surface area contributed by atoms with E-state index in [4.69, 9.17) is 16.9 Å². The summed E-state index contributed by atoms with van der Waals surface area (Å²) in [6.45, 7) is 1.62. The topological polar surface area (TPSA) is 48.7 Å². The SMILES string of the molecule is N#Cc1cc(CNCCc2ccc(Cl)cc2)ccn1. The van der Waals surface area contributed by atoms with E-state index in [9.17, 15) is 0 Å². The first-order valence-corrected chi connectivity index (χ1v) is 6.46. The monoisotopic (exact) mass is 271 g/mol. The van der Waals surface area contributed by atoms with Gasteiger partial charge in [-0.25, -0.2) is 4.98 Å². The maximum Gasteiger partial charge on any atom is 0.140 e. The Labute approximate surface area is 117 Å². The molecule has 96 valence electrons. The first kappa shape index (κ1) is 13.5. The average Bonchev–Trinajstić information content (AvgIpc) is 2.46. The Morgan fingerprint density at radius 3 is 2.68 bits per heavy atom. The highest BCUT2D eigenvalue weighted by Gasteiger charge is 1.97. The highest BCUT2D eigenvalue weighted by atomic mass is 35.5. The first-order chi connectivity index (χ1) is 9.28. The second kappa shape index (κ2) is 6.89. The van der Waals surface area contributed by atoms with Crippen molar-refractivity contribution in [3.05, 3.63) is 64.4 Å². The van der Waals surface area contributed by atoms with E-state index in [-0.39, 0.29) is 0 Å². The predicted molar refractivity (Wildman–Crippen MR) is 75.8 cm³/mol. The first-order valence-electron chi connectivity index (χ1n) is 6.08. The fourth-order valence-corrected chi connectivity index (χ4v) is 1.89. The highest BCUT2D eigenvalue weighted by molar-refractivity contribution is 6.30. The van der Waals surface area contributed by atoms with Crippen molar-refractivity contribution >= 4 is 11.6 Å². The van der Waals surface area contributed by atoms with Crippen LogP contribution in [0.5, 0.6) is 0 Å². The Morgan fingerprint density at radius 2 is 1.95 bits per heavy atom. The van der Waals surface area contributed by atoms with Crippen LogP contribution in [-0.2, 0) is 13.0 Å². The maximum atomic E-state index is 8.76. The summed E-state index contributed by atoms with van der Waals surface area (Å²) in [5.41, 5.74) is 2.78. The number of hydrogen-bond donors (Lipinski definition) is 1. The minimum Gasteiger partial charge on any atom is -0.312 e. The summed E-state index contributed by atoms with van der Waals surface area (Å²) in [4.78, 5) is 3.94. The van der Waals surface area contributed by atoms with Crippen molar-refractivity contribution in [2.24, 2.45) is 0 Å². The number of rotatable bonds is 5. The molecule has 0 aliphatic rings. The molecule has 0 fully saturated rings. The fourth-order valence-electron chi connectivity index (χ4n) is 1.76. The van der Waals surface area contributed by atoms with Crippen molar-refractivity contribution in [2.45, 2.75) is 13.0 Å². The van der Waals surface area contributed by atoms with Gasteiger partial charge in [0.1, 0.15) is 11.8 Å². The van der Waals surface area contributed by atoms with Crippen LogP contribution >= 0.6 is 11.6 Å². The summed E-state index contributed by atoms with van der Waals surface area (Å²) in [7, 11) is 0. The van der Waals surface area contributed by atoms with E-state index in [1.54, 1.807) is 12.3 Å². The molecular formula is C15H14ClN3. The smallest absolute Gasteiger partial charge is 0.140 e. The van der Waals surface area contributed by atoms with Gasteiger partial charge in [0.15, 0.2) is 0 Å². The van der Waals surface area contributed by atoms with Gasteiger partial charge in [0.2, 0.25) is 0 Å². The Balaban J connectivity index is 1.77. The molecule has 3 nitrogen and oxygen atoms in total. The number of hydrogen-bond acceptors (Lipinski definition) is 3. The van der Waals surface area contributed by atoms with Crippen LogP contribution in [0.4, 0.5) is 0 Å². The molecule has 2 aromatic rings. The zero-order chi connectivity index (χ0) is 13.5. The molecule has 0 radical (unpaired) electrons. The van der Waals surface area contributed by atoms with Crippen LogP contribution in [0.2, 0.25) is 5.02 Å². The van der Waals surface area contributed by atoms with Crippen LogP contribution in [0.25, 0.3) is 0 Å². The molecule has 0 aliphatic carbocycles. The summed E-state index contributed by atoms with van der Waals surface area (Å²) in [5, 5.41) is 12.9. The number of pyridine rings is 1. The Kier molecular flexibility index (Phi) is 4.91. The predicted octanol–water partition coefficient (Wildman–Crippen LogP) is 2.94. The van der Waals surface area contributed by atoms with Gasteiger partial charge in [-0.05, 0) is 48.4 Å². The lowest BCUT2D eigenvalue weighted by Gasteiger charge is -2.05. The van der Waals surface area contributed by atoms with E-state index in [1.807, 2.05) is 36.4 Å². The van der Waals surface area contributed by atoms with Gasteiger partial charge in [0.05, 0.1) is 0 Å². The summed E-state index contributed by atoms with van der Waals surface area (Å²) < 4.78 is 0. The van der Waals surface area contributed by atoms with Gasteiger partial charge in [0.25, 0.3) is 0 Å². The Morgan fingerprint density at radius 1 is 1.16 bits per heavy atom. The van der Waals surface area contributed by atoms with E-state index in [1.165, 1.54) is 5.56 Å². The number of benzene rings is 1. The molecular weight excluding hydrogens is 258 g/mol. The third kappa shape index (κ3) is 4.36. The lowest BCUT2D eigenvalue weighted by molar-refractivity contribution is 0.686. The summed E-state index contributed by atoms with van der Waals surface area (Å²) in [6.07, 6.45) is 2.61. The van der Waals surface area contributed by atoms with Crippen LogP contribution in [0.1, 0.15) is 16.8 Å². The molecule has 0 saturated heterocycles. The summed E-state index contributed by atoms with van der Waals surface area (Å²) >= 11 is 5.83. The molecule has 0 saturated carbocycles. The molecule has 1 heterocycles. The molecule has 1 N–H and O–H groups in total. The van der Waals surface area contributed by atoms with Gasteiger partial charge >= 0.3 is 0 Å². The number of aromatic nitrogens is 1. The number of nitriles is 1. The Bertz CT molecular complexity index is 573. The fraction of sp³-hybridized carbons (Fsp3) is 0.200. The Hall–Kier alpha value is -1.89. The van der Waals surface area contributed by atoms with Crippen LogP contribution in [0, 0.1) is 11.3 Å². The van der Waals surface area contributed by atoms with Crippen LogP contribution in [-0.4, -0.2) is 11.5 Å². The normalized spacial score (nSPS) is 10.1. The third-order valence-electron chi connectivity index (χ3n) is 2.77. The molecule has 0 atom stereocenters. The summed E-state index contributed by atoms with van der Waals surface area (Å²) in [6, 6.07) is 13.6. The zero-order valence-electron chi connectivity index (χ0n) is 10.4. The molecule has 0 aliphatic heterocycles. The van der Waals surface area contributed by atoms with Crippen molar-refractivity contribution in [1.82, 2.24) is 10.3 Å². The lowest BCUT2D eigenvalue weighted by atomic mass is 10.1. The van der Waals surface area contributed by atoms with Gasteiger partial charge < -0.3 is 5.32 Å². The minimum absolute atomic E-state index is 0.456. The highest BCUT2D eigenvalue weighted by Crippen LogP contribution is 2.09. The summed E-state index contributed by atoms with van der Waals surface area (Å²) in [5.74, 6) is 0. The van der Waals surface area contributed by atoms with Gasteiger partial charge in [-0.15, -0.1) is 0 Å². The van der Waals surface area contributed by atoms with Gasteiger partial charge in [-0.2, -0.15) is 5.26 Å². The number of nitrogens with one attached hydrogen (secondary N) is 1. The van der Waals surface area contributed by atoms with Crippen molar-refractivity contribution < 1.29 is 0 Å². The minimum atomic E-state index is 0.456. The molecule has 2 rings (SSSR count). The van der Waals surface area contributed by atoms with E-state index in [2.05, 4.69) is 10.3 Å². The molecule has 0 unspecified atom stereocenters. The second-order valence-electron chi connectivity index (χ2n) is 4.21. The van der Waals surface area contributed by atoms with E-state index in [0.717, 1.165) is 30.1 Å². The average molecular weight is 272 g/mol. The number of nitrogens with zero attached hydrogens (tertiary/aromatic N) is 2. The number of halogens is 1. The second-order valence-corrected chi connectivity index (χ2v) is 4.65. The van der Waals surface area contributed by atoms with Gasteiger partial charge in [0, 0.05) is 17.8 Å². The molecule has 1 aromatic carbocycles. The maximum absolute atomic E-state index is 8.76. The van der Waals surface area contributed by atoms with Crippen LogP contribution in [0.15, 0.2) is 42.6 Å². The van der Waals surface area contributed by atoms with Gasteiger partial charge in [-0.3, -0.25) is 0 Å².